The van der Waals surface area contributed by atoms with Gasteiger partial charge < -0.3 is 4.74 Å². The summed E-state index contributed by atoms with van der Waals surface area (Å²) in [5, 5.41) is 0. The maximum Gasteiger partial charge on any atom is 0.163 e. The summed E-state index contributed by atoms with van der Waals surface area (Å²) in [6, 6.07) is 8.76. The average Bonchev–Trinajstić information content (AvgIpc) is 2.45. The largest absolute Gasteiger partial charge is 0.497 e. The maximum atomic E-state index is 13.9. The molecule has 0 aliphatic heterocycles. The van der Waals surface area contributed by atoms with Crippen molar-refractivity contribution in [1.82, 2.24) is 5.43 Å². The lowest BCUT2D eigenvalue weighted by Crippen LogP contribution is -2.30. The third-order valence-corrected chi connectivity index (χ3v) is 3.25. The van der Waals surface area contributed by atoms with Gasteiger partial charge in [-0.05, 0) is 36.2 Å². The van der Waals surface area contributed by atoms with Crippen LogP contribution in [0, 0.1) is 18.6 Å². The molecule has 5 heteroatoms. The third kappa shape index (κ3) is 2.64. The molecule has 20 heavy (non-hydrogen) atoms. The number of halogens is 2. The zero-order valence-electron chi connectivity index (χ0n) is 11.3. The number of aryl methyl sites for hydroxylation is 1. The Labute approximate surface area is 116 Å². The van der Waals surface area contributed by atoms with Crippen LogP contribution in [0.3, 0.4) is 0 Å². The van der Waals surface area contributed by atoms with Gasteiger partial charge in [-0.3, -0.25) is 5.84 Å². The zero-order chi connectivity index (χ0) is 14.7. The van der Waals surface area contributed by atoms with E-state index in [2.05, 4.69) is 5.43 Å². The first-order valence-electron chi connectivity index (χ1n) is 6.13. The van der Waals surface area contributed by atoms with Crippen LogP contribution in [-0.4, -0.2) is 7.11 Å². The third-order valence-electron chi connectivity index (χ3n) is 3.25. The monoisotopic (exact) mass is 278 g/mol. The van der Waals surface area contributed by atoms with E-state index in [1.807, 2.05) is 13.0 Å². The molecule has 0 saturated heterocycles. The van der Waals surface area contributed by atoms with E-state index in [1.165, 1.54) is 12.1 Å². The van der Waals surface area contributed by atoms with Crippen molar-refractivity contribution in [2.75, 3.05) is 7.11 Å². The highest BCUT2D eigenvalue weighted by molar-refractivity contribution is 5.41. The minimum Gasteiger partial charge on any atom is -0.497 e. The molecule has 1 unspecified atom stereocenters. The molecular weight excluding hydrogens is 262 g/mol. The van der Waals surface area contributed by atoms with Crippen LogP contribution in [0.2, 0.25) is 0 Å². The molecule has 0 fully saturated rings. The van der Waals surface area contributed by atoms with E-state index in [1.54, 1.807) is 19.2 Å². The lowest BCUT2D eigenvalue weighted by Gasteiger charge is -2.20. The quantitative estimate of drug-likeness (QED) is 0.668. The van der Waals surface area contributed by atoms with Gasteiger partial charge in [0.25, 0.3) is 0 Å². The molecule has 3 nitrogen and oxygen atoms in total. The Morgan fingerprint density at radius 2 is 1.90 bits per heavy atom. The van der Waals surface area contributed by atoms with E-state index in [0.717, 1.165) is 17.2 Å². The van der Waals surface area contributed by atoms with Crippen LogP contribution in [0.15, 0.2) is 36.4 Å². The number of hydrazine groups is 1. The minimum absolute atomic E-state index is 0.167. The molecule has 0 aliphatic rings. The Kier molecular flexibility index (Phi) is 4.32. The molecule has 2 rings (SSSR count). The van der Waals surface area contributed by atoms with Crippen LogP contribution in [0.25, 0.3) is 0 Å². The second kappa shape index (κ2) is 5.98. The predicted octanol–water partition coefficient (Wildman–Crippen LogP) is 2.83. The molecule has 0 spiro atoms. The van der Waals surface area contributed by atoms with Crippen LogP contribution >= 0.6 is 0 Å². The Morgan fingerprint density at radius 3 is 2.50 bits per heavy atom. The highest BCUT2D eigenvalue weighted by Gasteiger charge is 2.20. The average molecular weight is 278 g/mol. The van der Waals surface area contributed by atoms with Crippen molar-refractivity contribution in [2.24, 2.45) is 5.84 Å². The zero-order valence-corrected chi connectivity index (χ0v) is 11.3. The maximum absolute atomic E-state index is 13.9. The second-order valence-corrected chi connectivity index (χ2v) is 4.47. The van der Waals surface area contributed by atoms with Crippen molar-refractivity contribution >= 4 is 0 Å². The standard InChI is InChI=1S/C15H16F2N2O/c1-9-8-10(20-2)6-7-11(9)15(19-18)12-4-3-5-13(16)14(12)17/h3-8,15,19H,18H2,1-2H3. The SMILES string of the molecule is COc1ccc(C(NN)c2cccc(F)c2F)c(C)c1. The number of rotatable bonds is 4. The Balaban J connectivity index is 2.50. The summed E-state index contributed by atoms with van der Waals surface area (Å²) in [6.07, 6.45) is 0. The molecule has 3 N–H and O–H groups in total. The second-order valence-electron chi connectivity index (χ2n) is 4.47. The summed E-state index contributed by atoms with van der Waals surface area (Å²) in [5.74, 6) is 4.43. The van der Waals surface area contributed by atoms with E-state index in [0.29, 0.717) is 5.75 Å². The van der Waals surface area contributed by atoms with Gasteiger partial charge in [-0.1, -0.05) is 18.2 Å². The number of nitrogens with two attached hydrogens (primary N) is 1. The number of benzene rings is 2. The first kappa shape index (κ1) is 14.4. The molecule has 106 valence electrons. The number of hydrogen-bond acceptors (Lipinski definition) is 3. The van der Waals surface area contributed by atoms with Gasteiger partial charge in [0.15, 0.2) is 11.6 Å². The first-order chi connectivity index (χ1) is 9.58. The fourth-order valence-electron chi connectivity index (χ4n) is 2.19. The van der Waals surface area contributed by atoms with Gasteiger partial charge in [0.2, 0.25) is 0 Å². The summed E-state index contributed by atoms with van der Waals surface area (Å²) in [4.78, 5) is 0. The predicted molar refractivity (Wildman–Crippen MR) is 73.3 cm³/mol. The lowest BCUT2D eigenvalue weighted by molar-refractivity contribution is 0.414. The lowest BCUT2D eigenvalue weighted by atomic mass is 9.95. The molecule has 0 amide bonds. The van der Waals surface area contributed by atoms with Gasteiger partial charge in [0.1, 0.15) is 5.75 Å². The Morgan fingerprint density at radius 1 is 1.15 bits per heavy atom. The Hall–Kier alpha value is -1.98. The van der Waals surface area contributed by atoms with E-state index in [4.69, 9.17) is 10.6 Å². The molecule has 0 bridgehead atoms. The Bertz CT molecular complexity index is 617. The molecule has 2 aromatic rings. The van der Waals surface area contributed by atoms with Crippen LogP contribution in [-0.2, 0) is 0 Å². The van der Waals surface area contributed by atoms with Gasteiger partial charge in [-0.25, -0.2) is 14.2 Å². The van der Waals surface area contributed by atoms with Crippen molar-refractivity contribution in [2.45, 2.75) is 13.0 Å². The van der Waals surface area contributed by atoms with Crippen molar-refractivity contribution in [1.29, 1.82) is 0 Å². The van der Waals surface area contributed by atoms with Gasteiger partial charge in [-0.2, -0.15) is 0 Å². The number of methoxy groups -OCH3 is 1. The molecule has 2 aromatic carbocycles. The van der Waals surface area contributed by atoms with Gasteiger partial charge in [0.05, 0.1) is 13.2 Å². The highest BCUT2D eigenvalue weighted by Crippen LogP contribution is 2.29. The molecular formula is C15H16F2N2O. The van der Waals surface area contributed by atoms with Crippen LogP contribution in [0.1, 0.15) is 22.7 Å². The summed E-state index contributed by atoms with van der Waals surface area (Å²) >= 11 is 0. The molecule has 0 aliphatic carbocycles. The summed E-state index contributed by atoms with van der Waals surface area (Å²) in [5.41, 5.74) is 4.33. The van der Waals surface area contributed by atoms with Gasteiger partial charge in [0, 0.05) is 5.56 Å². The van der Waals surface area contributed by atoms with E-state index >= 15 is 0 Å². The fraction of sp³-hybridized carbons (Fsp3) is 0.200. The molecule has 0 heterocycles. The number of hydrogen-bond donors (Lipinski definition) is 2. The molecule has 0 radical (unpaired) electrons. The van der Waals surface area contributed by atoms with Crippen molar-refractivity contribution < 1.29 is 13.5 Å². The normalized spacial score (nSPS) is 12.2. The summed E-state index contributed by atoms with van der Waals surface area (Å²) in [6.45, 7) is 1.86. The van der Waals surface area contributed by atoms with E-state index in [9.17, 15) is 8.78 Å². The topological polar surface area (TPSA) is 47.3 Å². The van der Waals surface area contributed by atoms with Crippen LogP contribution < -0.4 is 16.0 Å². The van der Waals surface area contributed by atoms with Crippen LogP contribution in [0.4, 0.5) is 8.78 Å². The summed E-state index contributed by atoms with van der Waals surface area (Å²) < 4.78 is 32.4. The highest BCUT2D eigenvalue weighted by atomic mass is 19.2. The van der Waals surface area contributed by atoms with Crippen LogP contribution in [0.5, 0.6) is 5.75 Å². The van der Waals surface area contributed by atoms with Gasteiger partial charge in [-0.15, -0.1) is 0 Å². The van der Waals surface area contributed by atoms with Crippen molar-refractivity contribution in [3.8, 4) is 5.75 Å². The molecule has 0 aromatic heterocycles. The summed E-state index contributed by atoms with van der Waals surface area (Å²) in [7, 11) is 1.57. The number of nitrogens with one attached hydrogen (secondary N) is 1. The number of ether oxygens (including phenoxy) is 1. The first-order valence-corrected chi connectivity index (χ1v) is 6.13. The minimum atomic E-state index is -0.898. The van der Waals surface area contributed by atoms with Crippen molar-refractivity contribution in [3.63, 3.8) is 0 Å². The molecule has 0 saturated carbocycles. The van der Waals surface area contributed by atoms with E-state index in [-0.39, 0.29) is 5.56 Å². The molecule has 1 atom stereocenters. The van der Waals surface area contributed by atoms with Gasteiger partial charge >= 0.3 is 0 Å². The van der Waals surface area contributed by atoms with Crippen molar-refractivity contribution in [3.05, 3.63) is 64.7 Å². The smallest absolute Gasteiger partial charge is 0.163 e. The van der Waals surface area contributed by atoms with E-state index < -0.39 is 17.7 Å². The fourth-order valence-corrected chi connectivity index (χ4v) is 2.19.